The Morgan fingerprint density at radius 1 is 1.15 bits per heavy atom. The fourth-order valence-corrected chi connectivity index (χ4v) is 3.53. The van der Waals surface area contributed by atoms with Gasteiger partial charge in [0.25, 0.3) is 0 Å². The number of aromatic nitrogens is 1. The maximum atomic E-state index is 4.45. The summed E-state index contributed by atoms with van der Waals surface area (Å²) in [5.74, 6) is 0.929. The number of nitrogens with zero attached hydrogens (tertiary/aromatic N) is 1. The standard InChI is InChI=1S/C17H20N2S/c1-2-18-15-8-9-19-16(11-15)12-20-17-7-6-13-4-3-5-14(13)10-17/h6-11H,2-5,12H2,1H3,(H,18,19). The Labute approximate surface area is 125 Å². The summed E-state index contributed by atoms with van der Waals surface area (Å²) >= 11 is 1.88. The fraction of sp³-hybridized carbons (Fsp3) is 0.353. The van der Waals surface area contributed by atoms with Crippen molar-refractivity contribution in [2.75, 3.05) is 11.9 Å². The average Bonchev–Trinajstić information content (AvgIpc) is 2.93. The van der Waals surface area contributed by atoms with Crippen LogP contribution in [-0.4, -0.2) is 11.5 Å². The number of pyridine rings is 1. The third kappa shape index (κ3) is 3.15. The molecule has 2 nitrogen and oxygen atoms in total. The van der Waals surface area contributed by atoms with Crippen LogP contribution in [0, 0.1) is 0 Å². The number of anilines is 1. The Hall–Kier alpha value is -1.48. The summed E-state index contributed by atoms with van der Waals surface area (Å²) in [6.45, 7) is 3.06. The van der Waals surface area contributed by atoms with Gasteiger partial charge in [-0.1, -0.05) is 6.07 Å². The van der Waals surface area contributed by atoms with Gasteiger partial charge < -0.3 is 5.32 Å². The van der Waals surface area contributed by atoms with Crippen LogP contribution in [0.2, 0.25) is 0 Å². The molecule has 0 atom stereocenters. The van der Waals surface area contributed by atoms with Crippen molar-refractivity contribution in [1.82, 2.24) is 4.98 Å². The van der Waals surface area contributed by atoms with Gasteiger partial charge in [-0.3, -0.25) is 4.98 Å². The number of fused-ring (bicyclic) bond motifs is 1. The number of aryl methyl sites for hydroxylation is 2. The Morgan fingerprint density at radius 2 is 2.05 bits per heavy atom. The molecule has 20 heavy (non-hydrogen) atoms. The van der Waals surface area contributed by atoms with Gasteiger partial charge in [0.1, 0.15) is 0 Å². The van der Waals surface area contributed by atoms with E-state index in [2.05, 4.69) is 41.5 Å². The predicted octanol–water partition coefficient (Wildman–Crippen LogP) is 4.29. The summed E-state index contributed by atoms with van der Waals surface area (Å²) in [7, 11) is 0. The first kappa shape index (κ1) is 13.5. The molecule has 0 unspecified atom stereocenters. The van der Waals surface area contributed by atoms with E-state index in [1.54, 1.807) is 11.1 Å². The number of rotatable bonds is 5. The second kappa shape index (κ2) is 6.31. The van der Waals surface area contributed by atoms with Crippen LogP contribution in [-0.2, 0) is 18.6 Å². The van der Waals surface area contributed by atoms with Crippen LogP contribution in [0.5, 0.6) is 0 Å². The van der Waals surface area contributed by atoms with Crippen molar-refractivity contribution < 1.29 is 0 Å². The van der Waals surface area contributed by atoms with E-state index in [-0.39, 0.29) is 0 Å². The molecule has 1 aliphatic rings. The molecular weight excluding hydrogens is 264 g/mol. The van der Waals surface area contributed by atoms with Crippen LogP contribution in [0.3, 0.4) is 0 Å². The molecule has 104 valence electrons. The van der Waals surface area contributed by atoms with E-state index >= 15 is 0 Å². The Bertz CT molecular complexity index is 595. The molecule has 0 fully saturated rings. The third-order valence-corrected chi connectivity index (χ3v) is 4.68. The highest BCUT2D eigenvalue weighted by molar-refractivity contribution is 7.98. The summed E-state index contributed by atoms with van der Waals surface area (Å²) in [6, 6.07) is 11.1. The Balaban J connectivity index is 1.65. The van der Waals surface area contributed by atoms with Gasteiger partial charge >= 0.3 is 0 Å². The van der Waals surface area contributed by atoms with Gasteiger partial charge in [0, 0.05) is 29.1 Å². The molecule has 0 saturated carbocycles. The molecule has 0 spiro atoms. The lowest BCUT2D eigenvalue weighted by molar-refractivity contribution is 0.911. The molecular formula is C17H20N2S. The number of benzene rings is 1. The van der Waals surface area contributed by atoms with Crippen molar-refractivity contribution in [3.8, 4) is 0 Å². The van der Waals surface area contributed by atoms with E-state index in [1.165, 1.54) is 24.2 Å². The number of thioether (sulfide) groups is 1. The first-order valence-corrected chi connectivity index (χ1v) is 8.27. The molecule has 1 N–H and O–H groups in total. The second-order valence-electron chi connectivity index (χ2n) is 5.14. The number of hydrogen-bond acceptors (Lipinski definition) is 3. The SMILES string of the molecule is CCNc1ccnc(CSc2ccc3c(c2)CCC3)c1. The molecule has 0 amide bonds. The van der Waals surface area contributed by atoms with Gasteiger partial charge in [-0.15, -0.1) is 11.8 Å². The van der Waals surface area contributed by atoms with Crippen LogP contribution in [0.25, 0.3) is 0 Å². The smallest absolute Gasteiger partial charge is 0.0526 e. The summed E-state index contributed by atoms with van der Waals surface area (Å²) < 4.78 is 0. The van der Waals surface area contributed by atoms with Gasteiger partial charge in [-0.25, -0.2) is 0 Å². The summed E-state index contributed by atoms with van der Waals surface area (Å²) in [5.41, 5.74) is 5.38. The molecule has 3 rings (SSSR count). The lowest BCUT2D eigenvalue weighted by Crippen LogP contribution is -1.97. The van der Waals surface area contributed by atoms with Crippen LogP contribution < -0.4 is 5.32 Å². The van der Waals surface area contributed by atoms with Gasteiger partial charge in [0.2, 0.25) is 0 Å². The molecule has 0 saturated heterocycles. The fourth-order valence-electron chi connectivity index (χ4n) is 2.67. The average molecular weight is 284 g/mol. The zero-order valence-electron chi connectivity index (χ0n) is 11.9. The molecule has 1 aromatic heterocycles. The summed E-state index contributed by atoms with van der Waals surface area (Å²) in [5, 5.41) is 3.33. The molecule has 0 aliphatic heterocycles. The van der Waals surface area contributed by atoms with Crippen LogP contribution in [0.1, 0.15) is 30.2 Å². The van der Waals surface area contributed by atoms with Crippen molar-refractivity contribution >= 4 is 17.4 Å². The predicted molar refractivity (Wildman–Crippen MR) is 86.4 cm³/mol. The Morgan fingerprint density at radius 3 is 2.95 bits per heavy atom. The van der Waals surface area contributed by atoms with Crippen LogP contribution in [0.15, 0.2) is 41.4 Å². The largest absolute Gasteiger partial charge is 0.385 e. The highest BCUT2D eigenvalue weighted by Gasteiger charge is 2.11. The number of nitrogens with one attached hydrogen (secondary N) is 1. The van der Waals surface area contributed by atoms with Crippen molar-refractivity contribution in [1.29, 1.82) is 0 Å². The zero-order valence-corrected chi connectivity index (χ0v) is 12.7. The number of hydrogen-bond donors (Lipinski definition) is 1. The van der Waals surface area contributed by atoms with Crippen molar-refractivity contribution in [3.05, 3.63) is 53.3 Å². The van der Waals surface area contributed by atoms with Crippen molar-refractivity contribution in [2.45, 2.75) is 36.8 Å². The van der Waals surface area contributed by atoms with Crippen molar-refractivity contribution in [2.24, 2.45) is 0 Å². The molecule has 2 aromatic rings. The minimum absolute atomic E-state index is 0.929. The topological polar surface area (TPSA) is 24.9 Å². The van der Waals surface area contributed by atoms with E-state index in [0.717, 1.165) is 23.7 Å². The van der Waals surface area contributed by atoms with E-state index in [9.17, 15) is 0 Å². The van der Waals surface area contributed by atoms with Gasteiger partial charge in [-0.05, 0) is 61.6 Å². The normalized spacial score (nSPS) is 13.2. The van der Waals surface area contributed by atoms with Gasteiger partial charge in [-0.2, -0.15) is 0 Å². The minimum atomic E-state index is 0.929. The van der Waals surface area contributed by atoms with E-state index in [0.29, 0.717) is 0 Å². The molecule has 1 aromatic carbocycles. The lowest BCUT2D eigenvalue weighted by atomic mass is 10.1. The first-order valence-electron chi connectivity index (χ1n) is 7.28. The summed E-state index contributed by atoms with van der Waals surface area (Å²) in [4.78, 5) is 5.81. The van der Waals surface area contributed by atoms with Crippen LogP contribution in [0.4, 0.5) is 5.69 Å². The van der Waals surface area contributed by atoms with Crippen molar-refractivity contribution in [3.63, 3.8) is 0 Å². The maximum Gasteiger partial charge on any atom is 0.0526 e. The quantitative estimate of drug-likeness (QED) is 0.829. The van der Waals surface area contributed by atoms with E-state index in [1.807, 2.05) is 24.0 Å². The van der Waals surface area contributed by atoms with E-state index < -0.39 is 0 Å². The highest BCUT2D eigenvalue weighted by atomic mass is 32.2. The highest BCUT2D eigenvalue weighted by Crippen LogP contribution is 2.29. The molecule has 0 bridgehead atoms. The molecule has 3 heteroatoms. The molecule has 1 aliphatic carbocycles. The van der Waals surface area contributed by atoms with Gasteiger partial charge in [0.05, 0.1) is 5.69 Å². The lowest BCUT2D eigenvalue weighted by Gasteiger charge is -2.07. The monoisotopic (exact) mass is 284 g/mol. The third-order valence-electron chi connectivity index (χ3n) is 3.65. The van der Waals surface area contributed by atoms with Gasteiger partial charge in [0.15, 0.2) is 0 Å². The first-order chi connectivity index (χ1) is 9.85. The molecule has 1 heterocycles. The summed E-state index contributed by atoms with van der Waals surface area (Å²) in [6.07, 6.45) is 5.71. The second-order valence-corrected chi connectivity index (χ2v) is 6.19. The Kier molecular flexibility index (Phi) is 4.26. The maximum absolute atomic E-state index is 4.45. The van der Waals surface area contributed by atoms with Crippen LogP contribution >= 0.6 is 11.8 Å². The zero-order chi connectivity index (χ0) is 13.8. The minimum Gasteiger partial charge on any atom is -0.385 e. The van der Waals surface area contributed by atoms with E-state index in [4.69, 9.17) is 0 Å². The molecule has 0 radical (unpaired) electrons.